The van der Waals surface area contributed by atoms with Crippen LogP contribution in [0.1, 0.15) is 11.1 Å². The van der Waals surface area contributed by atoms with Gasteiger partial charge in [-0.3, -0.25) is 0 Å². The maximum Gasteiger partial charge on any atom is -0.00759 e. The minimum Gasteiger partial charge on any atom is -0.0622 e. The molecule has 0 saturated carbocycles. The molecule has 0 atom stereocenters. The van der Waals surface area contributed by atoms with Crippen LogP contribution in [0.3, 0.4) is 0 Å². The van der Waals surface area contributed by atoms with E-state index >= 15 is 0 Å². The number of rotatable bonds is 2. The lowest BCUT2D eigenvalue weighted by Gasteiger charge is -2.15. The maximum absolute atomic E-state index is 2.40. The van der Waals surface area contributed by atoms with Crippen LogP contribution in [0.2, 0.25) is 0 Å². The summed E-state index contributed by atoms with van der Waals surface area (Å²) in [4.78, 5) is 0. The van der Waals surface area contributed by atoms with Crippen LogP contribution in [0.5, 0.6) is 0 Å². The SMILES string of the molecule is Cc1ccc2cc3ccc(C)c(-c4ccccc4)c3cc2c1-c1ccccc1. The zero-order chi connectivity index (χ0) is 19.1. The molecule has 0 heteroatoms. The van der Waals surface area contributed by atoms with Crippen LogP contribution in [0, 0.1) is 13.8 Å². The molecular formula is C28H22. The Kier molecular flexibility index (Phi) is 3.98. The summed E-state index contributed by atoms with van der Waals surface area (Å²) in [6.07, 6.45) is 0. The van der Waals surface area contributed by atoms with Crippen LogP contribution < -0.4 is 0 Å². The summed E-state index contributed by atoms with van der Waals surface area (Å²) in [5.41, 5.74) is 7.85. The van der Waals surface area contributed by atoms with Gasteiger partial charge in [-0.1, -0.05) is 84.9 Å². The van der Waals surface area contributed by atoms with Gasteiger partial charge in [-0.25, -0.2) is 0 Å². The lowest BCUT2D eigenvalue weighted by atomic mass is 9.88. The molecule has 28 heavy (non-hydrogen) atoms. The standard InChI is InChI=1S/C28H22/c1-19-13-15-23-17-24-16-14-20(2)28(22-11-7-4-8-12-22)26(24)18-25(23)27(19)21-9-5-3-6-10-21/h3-18H,1-2H3. The van der Waals surface area contributed by atoms with Crippen LogP contribution in [0.4, 0.5) is 0 Å². The lowest BCUT2D eigenvalue weighted by molar-refractivity contribution is 1.48. The summed E-state index contributed by atoms with van der Waals surface area (Å²) < 4.78 is 0. The topological polar surface area (TPSA) is 0 Å². The zero-order valence-electron chi connectivity index (χ0n) is 16.2. The predicted molar refractivity (Wildman–Crippen MR) is 122 cm³/mol. The Balaban J connectivity index is 1.91. The fraction of sp³-hybridized carbons (Fsp3) is 0.0714. The third-order valence-electron chi connectivity index (χ3n) is 5.70. The van der Waals surface area contributed by atoms with Crippen molar-refractivity contribution in [2.75, 3.05) is 0 Å². The van der Waals surface area contributed by atoms with E-state index in [1.54, 1.807) is 0 Å². The summed E-state index contributed by atoms with van der Waals surface area (Å²) >= 11 is 0. The number of fused-ring (bicyclic) bond motifs is 2. The number of hydrogen-bond donors (Lipinski definition) is 0. The number of benzene rings is 5. The first-order valence-electron chi connectivity index (χ1n) is 9.80. The molecule has 0 saturated heterocycles. The molecule has 0 aliphatic rings. The molecule has 0 N–H and O–H groups in total. The second-order valence-corrected chi connectivity index (χ2v) is 7.54. The number of hydrogen-bond acceptors (Lipinski definition) is 0. The van der Waals surface area contributed by atoms with E-state index in [9.17, 15) is 0 Å². The Morgan fingerprint density at radius 2 is 0.857 bits per heavy atom. The van der Waals surface area contributed by atoms with Crippen LogP contribution in [-0.4, -0.2) is 0 Å². The zero-order valence-corrected chi connectivity index (χ0v) is 16.2. The Bertz CT molecular complexity index is 1200. The van der Waals surface area contributed by atoms with Crippen LogP contribution >= 0.6 is 0 Å². The van der Waals surface area contributed by atoms with Gasteiger partial charge in [0.05, 0.1) is 0 Å². The Morgan fingerprint density at radius 1 is 0.429 bits per heavy atom. The van der Waals surface area contributed by atoms with Gasteiger partial charge in [0, 0.05) is 0 Å². The maximum atomic E-state index is 2.40. The normalized spacial score (nSPS) is 11.2. The van der Waals surface area contributed by atoms with Crippen molar-refractivity contribution in [1.29, 1.82) is 0 Å². The third kappa shape index (κ3) is 2.70. The van der Waals surface area contributed by atoms with Crippen LogP contribution in [0.25, 0.3) is 43.8 Å². The summed E-state index contributed by atoms with van der Waals surface area (Å²) in [5, 5.41) is 5.22. The minimum atomic E-state index is 1.28. The molecular weight excluding hydrogens is 336 g/mol. The second-order valence-electron chi connectivity index (χ2n) is 7.54. The van der Waals surface area contributed by atoms with Gasteiger partial charge in [-0.2, -0.15) is 0 Å². The molecule has 0 radical (unpaired) electrons. The van der Waals surface area contributed by atoms with E-state index in [4.69, 9.17) is 0 Å². The molecule has 0 heterocycles. The molecule has 5 aromatic carbocycles. The highest BCUT2D eigenvalue weighted by atomic mass is 14.2. The summed E-state index contributed by atoms with van der Waals surface area (Å²) in [6, 6.07) is 35.2. The quantitative estimate of drug-likeness (QED) is 0.281. The molecule has 0 aromatic heterocycles. The van der Waals surface area contributed by atoms with Gasteiger partial charge in [-0.05, 0) is 80.9 Å². The molecule has 0 bridgehead atoms. The van der Waals surface area contributed by atoms with Gasteiger partial charge in [0.25, 0.3) is 0 Å². The van der Waals surface area contributed by atoms with Crippen molar-refractivity contribution in [1.82, 2.24) is 0 Å². The largest absolute Gasteiger partial charge is 0.0622 e. The monoisotopic (exact) mass is 358 g/mol. The van der Waals surface area contributed by atoms with Gasteiger partial charge >= 0.3 is 0 Å². The highest BCUT2D eigenvalue weighted by Crippen LogP contribution is 2.38. The summed E-state index contributed by atoms with van der Waals surface area (Å²) in [7, 11) is 0. The van der Waals surface area contributed by atoms with Crippen molar-refractivity contribution in [2.24, 2.45) is 0 Å². The minimum absolute atomic E-state index is 1.28. The molecule has 0 fully saturated rings. The van der Waals surface area contributed by atoms with Gasteiger partial charge in [0.1, 0.15) is 0 Å². The van der Waals surface area contributed by atoms with Gasteiger partial charge < -0.3 is 0 Å². The van der Waals surface area contributed by atoms with Gasteiger partial charge in [-0.15, -0.1) is 0 Å². The summed E-state index contributed by atoms with van der Waals surface area (Å²) in [5.74, 6) is 0. The molecule has 0 unspecified atom stereocenters. The van der Waals surface area contributed by atoms with Gasteiger partial charge in [0.15, 0.2) is 0 Å². The van der Waals surface area contributed by atoms with Crippen molar-refractivity contribution in [3.8, 4) is 22.3 Å². The molecule has 134 valence electrons. The van der Waals surface area contributed by atoms with E-state index in [0.717, 1.165) is 0 Å². The van der Waals surface area contributed by atoms with Crippen LogP contribution in [0.15, 0.2) is 97.1 Å². The fourth-order valence-corrected chi connectivity index (χ4v) is 4.34. The third-order valence-corrected chi connectivity index (χ3v) is 5.70. The first-order chi connectivity index (χ1) is 13.7. The fourth-order valence-electron chi connectivity index (χ4n) is 4.34. The smallest absolute Gasteiger partial charge is 0.00759 e. The summed E-state index contributed by atoms with van der Waals surface area (Å²) in [6.45, 7) is 4.42. The average molecular weight is 358 g/mol. The number of aryl methyl sites for hydroxylation is 2. The highest BCUT2D eigenvalue weighted by molar-refractivity contribution is 6.10. The highest BCUT2D eigenvalue weighted by Gasteiger charge is 2.12. The molecule has 0 aliphatic carbocycles. The molecule has 5 aromatic rings. The van der Waals surface area contributed by atoms with E-state index in [1.165, 1.54) is 54.9 Å². The van der Waals surface area contributed by atoms with E-state index < -0.39 is 0 Å². The second kappa shape index (κ2) is 6.65. The van der Waals surface area contributed by atoms with Crippen molar-refractivity contribution >= 4 is 21.5 Å². The lowest BCUT2D eigenvalue weighted by Crippen LogP contribution is -1.90. The van der Waals surface area contributed by atoms with Crippen LogP contribution in [-0.2, 0) is 0 Å². The van der Waals surface area contributed by atoms with Crippen molar-refractivity contribution in [3.63, 3.8) is 0 Å². The van der Waals surface area contributed by atoms with E-state index in [-0.39, 0.29) is 0 Å². The van der Waals surface area contributed by atoms with E-state index in [0.29, 0.717) is 0 Å². The Labute approximate surface area is 166 Å². The van der Waals surface area contributed by atoms with Crippen molar-refractivity contribution < 1.29 is 0 Å². The predicted octanol–water partition coefficient (Wildman–Crippen LogP) is 7.94. The molecule has 0 nitrogen and oxygen atoms in total. The Hall–Kier alpha value is -3.38. The Morgan fingerprint density at radius 3 is 1.29 bits per heavy atom. The van der Waals surface area contributed by atoms with Crippen molar-refractivity contribution in [2.45, 2.75) is 13.8 Å². The molecule has 5 rings (SSSR count). The van der Waals surface area contributed by atoms with E-state index in [2.05, 4.69) is 111 Å². The van der Waals surface area contributed by atoms with E-state index in [1.807, 2.05) is 0 Å². The molecule has 0 amide bonds. The average Bonchev–Trinajstić information content (AvgIpc) is 2.74. The molecule has 0 aliphatic heterocycles. The van der Waals surface area contributed by atoms with Gasteiger partial charge in [0.2, 0.25) is 0 Å². The molecule has 0 spiro atoms. The van der Waals surface area contributed by atoms with Crippen molar-refractivity contribution in [3.05, 3.63) is 108 Å². The first kappa shape index (κ1) is 16.8. The first-order valence-corrected chi connectivity index (χ1v) is 9.80.